The van der Waals surface area contributed by atoms with Gasteiger partial charge in [0.2, 0.25) is 0 Å². The lowest BCUT2D eigenvalue weighted by molar-refractivity contribution is -0.0265. The van der Waals surface area contributed by atoms with E-state index < -0.39 is 0 Å². The van der Waals surface area contributed by atoms with E-state index in [9.17, 15) is 0 Å². The van der Waals surface area contributed by atoms with Gasteiger partial charge >= 0.3 is 0 Å². The van der Waals surface area contributed by atoms with Gasteiger partial charge in [0.1, 0.15) is 0 Å². The molecule has 1 aromatic rings. The van der Waals surface area contributed by atoms with Crippen LogP contribution in [0, 0.1) is 12.8 Å². The Kier molecular flexibility index (Phi) is 8.49. The van der Waals surface area contributed by atoms with Crippen molar-refractivity contribution in [1.29, 1.82) is 0 Å². The molecule has 2 N–H and O–H groups in total. The van der Waals surface area contributed by atoms with Crippen LogP contribution in [0.5, 0.6) is 0 Å². The van der Waals surface area contributed by atoms with Crippen molar-refractivity contribution in [2.24, 2.45) is 10.9 Å². The zero-order valence-electron chi connectivity index (χ0n) is 15.5. The van der Waals surface area contributed by atoms with Gasteiger partial charge in [-0.2, -0.15) is 0 Å². The Labute approximate surface area is 169 Å². The maximum Gasteiger partial charge on any atom is 0.191 e. The van der Waals surface area contributed by atoms with Crippen LogP contribution in [0.15, 0.2) is 29.3 Å². The van der Waals surface area contributed by atoms with E-state index in [0.29, 0.717) is 12.0 Å². The molecule has 1 aliphatic carbocycles. The summed E-state index contributed by atoms with van der Waals surface area (Å²) in [5.41, 5.74) is 2.59. The van der Waals surface area contributed by atoms with E-state index in [2.05, 4.69) is 46.8 Å². The Balaban J connectivity index is 0.00000225. The maximum atomic E-state index is 6.12. The molecule has 2 atom stereocenters. The van der Waals surface area contributed by atoms with Crippen LogP contribution in [-0.2, 0) is 4.74 Å². The van der Waals surface area contributed by atoms with Crippen LogP contribution >= 0.6 is 24.0 Å². The van der Waals surface area contributed by atoms with Gasteiger partial charge in [-0.05, 0) is 38.2 Å². The number of rotatable bonds is 4. The lowest BCUT2D eigenvalue weighted by Crippen LogP contribution is -2.45. The standard InChI is InChI=1S/C20H31N3O.HI/c1-15-9-11-16(12-10-15)19-17(6-5-13-24-19)14-22-20(21-2)23-18-7-3-4-8-18;/h9-12,17-19H,3-8,13-14H2,1-2H3,(H2,21,22,23);1H. The van der Waals surface area contributed by atoms with E-state index >= 15 is 0 Å². The molecule has 0 spiro atoms. The second-order valence-corrected chi connectivity index (χ2v) is 7.18. The first kappa shape index (κ1) is 20.5. The Bertz CT molecular complexity index is 540. The zero-order valence-corrected chi connectivity index (χ0v) is 17.8. The smallest absolute Gasteiger partial charge is 0.191 e. The predicted octanol–water partition coefficient (Wildman–Crippen LogP) is 4.19. The van der Waals surface area contributed by atoms with Crippen LogP contribution in [0.2, 0.25) is 0 Å². The minimum Gasteiger partial charge on any atom is -0.373 e. The molecule has 2 unspecified atom stereocenters. The van der Waals surface area contributed by atoms with Gasteiger partial charge in [-0.1, -0.05) is 42.7 Å². The van der Waals surface area contributed by atoms with Crippen LogP contribution in [0.4, 0.5) is 0 Å². The highest BCUT2D eigenvalue weighted by Gasteiger charge is 2.27. The summed E-state index contributed by atoms with van der Waals surface area (Å²) in [6.45, 7) is 3.90. The molecular formula is C20H32IN3O. The maximum absolute atomic E-state index is 6.12. The predicted molar refractivity (Wildman–Crippen MR) is 115 cm³/mol. The SMILES string of the molecule is CN=C(NCC1CCCOC1c1ccc(C)cc1)NC1CCCC1.I. The fourth-order valence-electron chi connectivity index (χ4n) is 3.86. The van der Waals surface area contributed by atoms with Gasteiger partial charge in [0.25, 0.3) is 0 Å². The van der Waals surface area contributed by atoms with E-state index in [1.807, 2.05) is 7.05 Å². The average molecular weight is 457 g/mol. The Hall–Kier alpha value is -0.820. The number of guanidine groups is 1. The van der Waals surface area contributed by atoms with Crippen molar-refractivity contribution in [2.45, 2.75) is 57.6 Å². The van der Waals surface area contributed by atoms with Crippen LogP contribution in [0.25, 0.3) is 0 Å². The molecule has 25 heavy (non-hydrogen) atoms. The van der Waals surface area contributed by atoms with Crippen LogP contribution in [0.1, 0.15) is 55.8 Å². The van der Waals surface area contributed by atoms with Crippen LogP contribution in [-0.4, -0.2) is 32.2 Å². The number of ether oxygens (including phenoxy) is 1. The molecule has 2 aliphatic rings. The summed E-state index contributed by atoms with van der Waals surface area (Å²) in [7, 11) is 1.86. The summed E-state index contributed by atoms with van der Waals surface area (Å²) in [5, 5.41) is 7.10. The highest BCUT2D eigenvalue weighted by molar-refractivity contribution is 14.0. The summed E-state index contributed by atoms with van der Waals surface area (Å²) >= 11 is 0. The van der Waals surface area contributed by atoms with Crippen molar-refractivity contribution in [3.05, 3.63) is 35.4 Å². The fourth-order valence-corrected chi connectivity index (χ4v) is 3.86. The molecule has 1 aliphatic heterocycles. The second-order valence-electron chi connectivity index (χ2n) is 7.18. The number of nitrogens with zero attached hydrogens (tertiary/aromatic N) is 1. The summed E-state index contributed by atoms with van der Waals surface area (Å²) < 4.78 is 6.12. The number of benzene rings is 1. The monoisotopic (exact) mass is 457 g/mol. The number of aryl methyl sites for hydroxylation is 1. The van der Waals surface area contributed by atoms with Gasteiger partial charge in [-0.25, -0.2) is 0 Å². The van der Waals surface area contributed by atoms with Crippen molar-refractivity contribution >= 4 is 29.9 Å². The van der Waals surface area contributed by atoms with Gasteiger partial charge in [0.05, 0.1) is 6.10 Å². The molecule has 1 heterocycles. The molecule has 5 heteroatoms. The fraction of sp³-hybridized carbons (Fsp3) is 0.650. The molecule has 0 bridgehead atoms. The van der Waals surface area contributed by atoms with Crippen molar-refractivity contribution in [2.75, 3.05) is 20.2 Å². The van der Waals surface area contributed by atoms with Gasteiger partial charge in [-0.15, -0.1) is 24.0 Å². The van der Waals surface area contributed by atoms with Crippen molar-refractivity contribution in [3.63, 3.8) is 0 Å². The zero-order chi connectivity index (χ0) is 16.8. The first-order valence-corrected chi connectivity index (χ1v) is 9.41. The third kappa shape index (κ3) is 5.84. The second kappa shape index (κ2) is 10.4. The summed E-state index contributed by atoms with van der Waals surface area (Å²) in [6.07, 6.45) is 7.73. The quantitative estimate of drug-likeness (QED) is 0.405. The molecule has 4 nitrogen and oxygen atoms in total. The molecule has 3 rings (SSSR count). The Morgan fingerprint density at radius 2 is 1.84 bits per heavy atom. The van der Waals surface area contributed by atoms with E-state index in [-0.39, 0.29) is 30.1 Å². The van der Waals surface area contributed by atoms with Crippen molar-refractivity contribution in [1.82, 2.24) is 10.6 Å². The molecule has 140 valence electrons. The van der Waals surface area contributed by atoms with Crippen LogP contribution in [0.3, 0.4) is 0 Å². The molecule has 1 saturated heterocycles. The lowest BCUT2D eigenvalue weighted by atomic mass is 9.89. The number of aliphatic imine (C=N–C) groups is 1. The lowest BCUT2D eigenvalue weighted by Gasteiger charge is -2.33. The molecule has 0 aromatic heterocycles. The first-order chi connectivity index (χ1) is 11.8. The van der Waals surface area contributed by atoms with Gasteiger partial charge in [-0.3, -0.25) is 4.99 Å². The average Bonchev–Trinajstić information content (AvgIpc) is 3.13. The van der Waals surface area contributed by atoms with Crippen LogP contribution < -0.4 is 10.6 Å². The minimum atomic E-state index is 0. The molecule has 1 aromatic carbocycles. The largest absolute Gasteiger partial charge is 0.373 e. The number of halogens is 1. The van der Waals surface area contributed by atoms with Crippen molar-refractivity contribution in [3.8, 4) is 0 Å². The third-order valence-electron chi connectivity index (χ3n) is 5.30. The van der Waals surface area contributed by atoms with Gasteiger partial charge < -0.3 is 15.4 Å². The third-order valence-corrected chi connectivity index (χ3v) is 5.30. The van der Waals surface area contributed by atoms with Crippen molar-refractivity contribution < 1.29 is 4.74 Å². The number of hydrogen-bond donors (Lipinski definition) is 2. The Morgan fingerprint density at radius 3 is 2.52 bits per heavy atom. The van der Waals surface area contributed by atoms with E-state index in [1.165, 1.54) is 43.2 Å². The minimum absolute atomic E-state index is 0. The first-order valence-electron chi connectivity index (χ1n) is 9.41. The van der Waals surface area contributed by atoms with Gasteiger partial charge in [0, 0.05) is 32.2 Å². The highest BCUT2D eigenvalue weighted by Crippen LogP contribution is 2.33. The summed E-state index contributed by atoms with van der Waals surface area (Å²) in [6, 6.07) is 9.37. The Morgan fingerprint density at radius 1 is 1.12 bits per heavy atom. The summed E-state index contributed by atoms with van der Waals surface area (Å²) in [4.78, 5) is 4.40. The molecule has 2 fully saturated rings. The molecule has 0 radical (unpaired) electrons. The van der Waals surface area contributed by atoms with E-state index in [4.69, 9.17) is 4.74 Å². The molecular weight excluding hydrogens is 425 g/mol. The number of hydrogen-bond acceptors (Lipinski definition) is 2. The highest BCUT2D eigenvalue weighted by atomic mass is 127. The molecule has 1 saturated carbocycles. The topological polar surface area (TPSA) is 45.7 Å². The van der Waals surface area contributed by atoms with E-state index in [0.717, 1.165) is 25.5 Å². The number of nitrogens with one attached hydrogen (secondary N) is 2. The summed E-state index contributed by atoms with van der Waals surface area (Å²) in [5.74, 6) is 1.43. The molecule has 0 amide bonds. The van der Waals surface area contributed by atoms with E-state index in [1.54, 1.807) is 0 Å². The van der Waals surface area contributed by atoms with Gasteiger partial charge in [0.15, 0.2) is 5.96 Å². The normalized spacial score (nSPS) is 24.6.